The second kappa shape index (κ2) is 11.8. The van der Waals surface area contributed by atoms with E-state index in [1.807, 2.05) is 0 Å². The lowest BCUT2D eigenvalue weighted by Gasteiger charge is -2.12. The number of amides is 1. The predicted molar refractivity (Wildman–Crippen MR) is 122 cm³/mol. The zero-order chi connectivity index (χ0) is 24.5. The van der Waals surface area contributed by atoms with Gasteiger partial charge < -0.3 is 20.1 Å². The van der Waals surface area contributed by atoms with Crippen molar-refractivity contribution in [2.45, 2.75) is 6.61 Å². The number of hydrogen-bond acceptors (Lipinski definition) is 9. The highest BCUT2D eigenvalue weighted by Gasteiger charge is 2.11. The smallest absolute Gasteiger partial charge is 0.343 e. The van der Waals surface area contributed by atoms with Crippen LogP contribution in [-0.2, 0) is 21.0 Å². The Bertz CT molecular complexity index is 1180. The summed E-state index contributed by atoms with van der Waals surface area (Å²) < 4.78 is 24.0. The van der Waals surface area contributed by atoms with E-state index in [-0.39, 0.29) is 41.7 Å². The largest absolute Gasteiger partial charge is 0.480 e. The quantitative estimate of drug-likeness (QED) is 0.290. The fourth-order valence-corrected chi connectivity index (χ4v) is 2.90. The van der Waals surface area contributed by atoms with Crippen LogP contribution in [0.4, 0.5) is 21.8 Å². The van der Waals surface area contributed by atoms with Crippen LogP contribution in [0.5, 0.6) is 5.75 Å². The van der Waals surface area contributed by atoms with Gasteiger partial charge in [-0.1, -0.05) is 23.7 Å². The van der Waals surface area contributed by atoms with Crippen LogP contribution in [0.1, 0.15) is 15.9 Å². The predicted octanol–water partition coefficient (Wildman–Crippen LogP) is 3.47. The lowest BCUT2D eigenvalue weighted by atomic mass is 10.1. The molecular formula is C22H21ClFN5O5. The van der Waals surface area contributed by atoms with Crippen LogP contribution in [-0.4, -0.2) is 42.6 Å². The van der Waals surface area contributed by atoms with Gasteiger partial charge in [0.1, 0.15) is 5.75 Å². The van der Waals surface area contributed by atoms with Gasteiger partial charge in [0.05, 0.1) is 24.9 Å². The number of hydrogen-bond donors (Lipinski definition) is 3. The fourth-order valence-electron chi connectivity index (χ4n) is 2.66. The standard InChI is InChI=1S/C22H21ClFN5O5/c1-25-21(31)14-5-3-4-13(8-14)11-34-29-22-26-10-17(24)20(28-22)27-15-6-7-18(16(23)9-15)33-12-19(30)32-2/h3-10H,11-12H2,1-2H3,(H,25,31)(H2,26,27,28,29). The first-order chi connectivity index (χ1) is 16.4. The molecule has 1 aromatic heterocycles. The number of carbonyl (C=O) groups excluding carboxylic acids is 2. The minimum atomic E-state index is -0.703. The van der Waals surface area contributed by atoms with Crippen LogP contribution in [0, 0.1) is 5.82 Å². The van der Waals surface area contributed by atoms with Crippen molar-refractivity contribution >= 4 is 40.9 Å². The van der Waals surface area contributed by atoms with Crippen LogP contribution >= 0.6 is 11.6 Å². The SMILES string of the molecule is CNC(=O)c1cccc(CONc2ncc(F)c(Nc3ccc(OCC(=O)OC)c(Cl)c3)n2)c1. The molecule has 2 aromatic carbocycles. The molecule has 0 aliphatic rings. The molecule has 34 heavy (non-hydrogen) atoms. The second-order valence-electron chi connectivity index (χ2n) is 6.70. The number of methoxy groups -OCH3 is 1. The topological polar surface area (TPSA) is 124 Å². The van der Waals surface area contributed by atoms with E-state index in [0.29, 0.717) is 11.3 Å². The minimum absolute atomic E-state index is 0.00971. The maximum absolute atomic E-state index is 14.2. The molecule has 10 nitrogen and oxygen atoms in total. The van der Waals surface area contributed by atoms with Crippen LogP contribution < -0.4 is 20.9 Å². The molecule has 0 saturated carbocycles. The molecule has 3 aromatic rings. The van der Waals surface area contributed by atoms with Gasteiger partial charge in [0.25, 0.3) is 5.91 Å². The van der Waals surface area contributed by atoms with Gasteiger partial charge in [0.2, 0.25) is 5.95 Å². The van der Waals surface area contributed by atoms with E-state index in [1.54, 1.807) is 37.4 Å². The van der Waals surface area contributed by atoms with E-state index in [9.17, 15) is 14.0 Å². The second-order valence-corrected chi connectivity index (χ2v) is 7.10. The summed E-state index contributed by atoms with van der Waals surface area (Å²) in [6.45, 7) is -0.189. The Labute approximate surface area is 199 Å². The molecular weight excluding hydrogens is 469 g/mol. The first kappa shape index (κ1) is 24.7. The fraction of sp³-hybridized carbons (Fsp3) is 0.182. The van der Waals surface area contributed by atoms with Gasteiger partial charge in [-0.25, -0.2) is 19.6 Å². The summed E-state index contributed by atoms with van der Waals surface area (Å²) >= 11 is 6.16. The third-order valence-corrected chi connectivity index (χ3v) is 4.63. The van der Waals surface area contributed by atoms with Gasteiger partial charge >= 0.3 is 5.97 Å². The molecule has 3 N–H and O–H groups in total. The molecule has 0 saturated heterocycles. The van der Waals surface area contributed by atoms with Crippen LogP contribution in [0.15, 0.2) is 48.7 Å². The lowest BCUT2D eigenvalue weighted by molar-refractivity contribution is -0.142. The maximum Gasteiger partial charge on any atom is 0.343 e. The van der Waals surface area contributed by atoms with Gasteiger partial charge in [-0.15, -0.1) is 0 Å². The molecule has 178 valence electrons. The average Bonchev–Trinajstić information content (AvgIpc) is 2.85. The molecule has 1 amide bonds. The van der Waals surface area contributed by atoms with E-state index in [0.717, 1.165) is 11.8 Å². The number of carbonyl (C=O) groups is 2. The Kier molecular flexibility index (Phi) is 8.54. The van der Waals surface area contributed by atoms with E-state index in [2.05, 4.69) is 30.8 Å². The number of aromatic nitrogens is 2. The van der Waals surface area contributed by atoms with Crippen LogP contribution in [0.3, 0.4) is 0 Å². The van der Waals surface area contributed by atoms with Gasteiger partial charge in [-0.3, -0.25) is 9.63 Å². The number of ether oxygens (including phenoxy) is 2. The first-order valence-corrected chi connectivity index (χ1v) is 10.2. The van der Waals surface area contributed by atoms with E-state index < -0.39 is 11.8 Å². The molecule has 0 radical (unpaired) electrons. The average molecular weight is 490 g/mol. The highest BCUT2D eigenvalue weighted by Crippen LogP contribution is 2.29. The number of nitrogens with zero attached hydrogens (tertiary/aromatic N) is 2. The summed E-state index contributed by atoms with van der Waals surface area (Å²) in [6, 6.07) is 11.5. The Hall–Kier alpha value is -3.96. The van der Waals surface area contributed by atoms with Crippen molar-refractivity contribution in [3.63, 3.8) is 0 Å². The molecule has 0 aliphatic heterocycles. The summed E-state index contributed by atoms with van der Waals surface area (Å²) in [4.78, 5) is 36.2. The number of halogens is 2. The Morgan fingerprint density at radius 1 is 1.18 bits per heavy atom. The number of anilines is 3. The molecule has 12 heteroatoms. The highest BCUT2D eigenvalue weighted by molar-refractivity contribution is 6.32. The summed E-state index contributed by atoms with van der Waals surface area (Å²) in [6.07, 6.45) is 0.975. The molecule has 1 heterocycles. The van der Waals surface area contributed by atoms with Crippen molar-refractivity contribution in [1.82, 2.24) is 15.3 Å². The molecule has 0 aliphatic carbocycles. The van der Waals surface area contributed by atoms with Gasteiger partial charge in [-0.05, 0) is 35.9 Å². The van der Waals surface area contributed by atoms with Crippen LogP contribution in [0.25, 0.3) is 0 Å². The van der Waals surface area contributed by atoms with Crippen molar-refractivity contribution in [1.29, 1.82) is 0 Å². The molecule has 0 atom stereocenters. The van der Waals surface area contributed by atoms with Crippen molar-refractivity contribution in [2.24, 2.45) is 0 Å². The zero-order valence-corrected chi connectivity index (χ0v) is 19.0. The van der Waals surface area contributed by atoms with Crippen LogP contribution in [0.2, 0.25) is 5.02 Å². The normalized spacial score (nSPS) is 10.4. The molecule has 0 bridgehead atoms. The number of rotatable bonds is 10. The third-order valence-electron chi connectivity index (χ3n) is 4.33. The van der Waals surface area contributed by atoms with Gasteiger partial charge in [0.15, 0.2) is 18.2 Å². The summed E-state index contributed by atoms with van der Waals surface area (Å²) in [5, 5.41) is 5.54. The van der Waals surface area contributed by atoms with Crippen molar-refractivity contribution in [2.75, 3.05) is 31.6 Å². The van der Waals surface area contributed by atoms with E-state index >= 15 is 0 Å². The Morgan fingerprint density at radius 3 is 2.74 bits per heavy atom. The van der Waals surface area contributed by atoms with Gasteiger partial charge in [-0.2, -0.15) is 4.98 Å². The van der Waals surface area contributed by atoms with Crippen molar-refractivity contribution in [3.8, 4) is 5.75 Å². The lowest BCUT2D eigenvalue weighted by Crippen LogP contribution is -2.17. The summed E-state index contributed by atoms with van der Waals surface area (Å²) in [5.74, 6) is -1.32. The highest BCUT2D eigenvalue weighted by atomic mass is 35.5. The molecule has 0 fully saturated rings. The maximum atomic E-state index is 14.2. The van der Waals surface area contributed by atoms with Crippen molar-refractivity contribution in [3.05, 3.63) is 70.6 Å². The Balaban J connectivity index is 1.61. The van der Waals surface area contributed by atoms with Gasteiger partial charge in [0, 0.05) is 18.3 Å². The number of esters is 1. The Morgan fingerprint density at radius 2 is 2.00 bits per heavy atom. The van der Waals surface area contributed by atoms with E-state index in [1.165, 1.54) is 19.2 Å². The number of nitrogens with one attached hydrogen (secondary N) is 3. The molecule has 0 spiro atoms. The monoisotopic (exact) mass is 489 g/mol. The minimum Gasteiger partial charge on any atom is -0.480 e. The first-order valence-electron chi connectivity index (χ1n) is 9.87. The van der Waals surface area contributed by atoms with Crippen molar-refractivity contribution < 1.29 is 28.3 Å². The molecule has 0 unspecified atom stereocenters. The summed E-state index contributed by atoms with van der Waals surface area (Å²) in [5.41, 5.74) is 4.19. The zero-order valence-electron chi connectivity index (χ0n) is 18.2. The summed E-state index contributed by atoms with van der Waals surface area (Å²) in [7, 11) is 2.79. The van der Waals surface area contributed by atoms with E-state index in [4.69, 9.17) is 21.2 Å². The third kappa shape index (κ3) is 6.77. The number of benzene rings is 2. The molecule has 3 rings (SSSR count).